The molecule has 19 heavy (non-hydrogen) atoms. The molecule has 0 bridgehead atoms. The lowest BCUT2D eigenvalue weighted by atomic mass is 9.92. The quantitative estimate of drug-likeness (QED) is 0.900. The van der Waals surface area contributed by atoms with Crippen molar-refractivity contribution in [1.82, 2.24) is 5.32 Å². The molecule has 0 saturated carbocycles. The predicted molar refractivity (Wildman–Crippen MR) is 73.2 cm³/mol. The number of carboxylic acid groups (broad SMARTS) is 1. The van der Waals surface area contributed by atoms with Crippen LogP contribution >= 0.6 is 11.3 Å². The molecule has 5 heteroatoms. The van der Waals surface area contributed by atoms with Crippen molar-refractivity contribution >= 4 is 23.2 Å². The third-order valence-corrected chi connectivity index (χ3v) is 3.61. The maximum Gasteiger partial charge on any atom is 0.333 e. The minimum absolute atomic E-state index is 0.394. The standard InChI is InChI=1S/C14H13NO3S/c1-14(13(17)18,11-5-3-2-4-6-11)15-12(16)10-7-8-19-9-10/h2-9H,1H3,(H,15,16)(H,17,18). The van der Waals surface area contributed by atoms with Crippen molar-refractivity contribution in [3.63, 3.8) is 0 Å². The van der Waals surface area contributed by atoms with E-state index in [0.717, 1.165) is 0 Å². The molecule has 1 unspecified atom stereocenters. The summed E-state index contributed by atoms with van der Waals surface area (Å²) < 4.78 is 0. The first-order chi connectivity index (χ1) is 9.04. The van der Waals surface area contributed by atoms with Crippen molar-refractivity contribution in [3.05, 3.63) is 58.3 Å². The van der Waals surface area contributed by atoms with Crippen molar-refractivity contribution in [3.8, 4) is 0 Å². The second kappa shape index (κ2) is 5.24. The summed E-state index contributed by atoms with van der Waals surface area (Å²) >= 11 is 1.39. The van der Waals surface area contributed by atoms with Crippen LogP contribution in [0, 0.1) is 0 Å². The van der Waals surface area contributed by atoms with Crippen LogP contribution in [-0.4, -0.2) is 17.0 Å². The molecular weight excluding hydrogens is 262 g/mol. The van der Waals surface area contributed by atoms with Crippen LogP contribution in [-0.2, 0) is 10.3 Å². The smallest absolute Gasteiger partial charge is 0.333 e. The van der Waals surface area contributed by atoms with Gasteiger partial charge < -0.3 is 10.4 Å². The average Bonchev–Trinajstić information content (AvgIpc) is 2.93. The van der Waals surface area contributed by atoms with E-state index in [1.54, 1.807) is 47.2 Å². The van der Waals surface area contributed by atoms with Gasteiger partial charge in [0.25, 0.3) is 5.91 Å². The van der Waals surface area contributed by atoms with Crippen molar-refractivity contribution in [2.75, 3.05) is 0 Å². The molecule has 0 saturated heterocycles. The second-order valence-corrected chi connectivity index (χ2v) is 5.04. The van der Waals surface area contributed by atoms with E-state index in [0.29, 0.717) is 11.1 Å². The lowest BCUT2D eigenvalue weighted by molar-refractivity contribution is -0.144. The minimum atomic E-state index is -1.44. The normalized spacial score (nSPS) is 13.5. The highest BCUT2D eigenvalue weighted by Gasteiger charge is 2.36. The Balaban J connectivity index is 2.31. The van der Waals surface area contributed by atoms with E-state index >= 15 is 0 Å². The van der Waals surface area contributed by atoms with Gasteiger partial charge >= 0.3 is 5.97 Å². The largest absolute Gasteiger partial charge is 0.479 e. The molecule has 0 aliphatic carbocycles. The van der Waals surface area contributed by atoms with Crippen molar-refractivity contribution < 1.29 is 14.7 Å². The molecule has 1 heterocycles. The Morgan fingerprint density at radius 2 is 1.89 bits per heavy atom. The Morgan fingerprint density at radius 1 is 1.21 bits per heavy atom. The summed E-state index contributed by atoms with van der Waals surface area (Å²) in [5, 5.41) is 15.5. The summed E-state index contributed by atoms with van der Waals surface area (Å²) in [6, 6.07) is 10.3. The van der Waals surface area contributed by atoms with E-state index in [2.05, 4.69) is 5.32 Å². The van der Waals surface area contributed by atoms with Gasteiger partial charge in [-0.05, 0) is 23.9 Å². The Bertz CT molecular complexity index is 580. The molecule has 0 aliphatic rings. The molecule has 98 valence electrons. The first kappa shape index (κ1) is 13.3. The van der Waals surface area contributed by atoms with Crippen LogP contribution < -0.4 is 5.32 Å². The first-order valence-corrected chi connectivity index (χ1v) is 6.62. The van der Waals surface area contributed by atoms with Gasteiger partial charge in [-0.15, -0.1) is 0 Å². The van der Waals surface area contributed by atoms with Gasteiger partial charge in [-0.3, -0.25) is 4.79 Å². The molecule has 0 aliphatic heterocycles. The van der Waals surface area contributed by atoms with Gasteiger partial charge in [-0.25, -0.2) is 4.79 Å². The third kappa shape index (κ3) is 2.66. The molecule has 2 aromatic rings. The summed E-state index contributed by atoms with van der Waals surface area (Å²) in [7, 11) is 0. The number of thiophene rings is 1. The third-order valence-electron chi connectivity index (χ3n) is 2.93. The number of carboxylic acids is 1. The number of rotatable bonds is 4. The summed E-state index contributed by atoms with van der Waals surface area (Å²) in [6.45, 7) is 1.48. The number of benzene rings is 1. The van der Waals surface area contributed by atoms with E-state index in [1.807, 2.05) is 0 Å². The first-order valence-electron chi connectivity index (χ1n) is 5.67. The van der Waals surface area contributed by atoms with E-state index < -0.39 is 17.4 Å². The highest BCUT2D eigenvalue weighted by atomic mass is 32.1. The second-order valence-electron chi connectivity index (χ2n) is 4.26. The number of aliphatic carboxylic acids is 1. The lowest BCUT2D eigenvalue weighted by Gasteiger charge is -2.26. The zero-order valence-corrected chi connectivity index (χ0v) is 11.1. The fourth-order valence-electron chi connectivity index (χ4n) is 1.71. The van der Waals surface area contributed by atoms with Gasteiger partial charge in [-0.1, -0.05) is 30.3 Å². The van der Waals surface area contributed by atoms with E-state index in [1.165, 1.54) is 18.3 Å². The maximum atomic E-state index is 12.0. The molecule has 1 aromatic carbocycles. The van der Waals surface area contributed by atoms with Crippen LogP contribution in [0.25, 0.3) is 0 Å². The van der Waals surface area contributed by atoms with Crippen molar-refractivity contribution in [2.45, 2.75) is 12.5 Å². The zero-order chi connectivity index (χ0) is 13.9. The van der Waals surface area contributed by atoms with Crippen molar-refractivity contribution in [1.29, 1.82) is 0 Å². The highest BCUT2D eigenvalue weighted by Crippen LogP contribution is 2.22. The van der Waals surface area contributed by atoms with Gasteiger partial charge in [0.1, 0.15) is 0 Å². The molecular formula is C14H13NO3S. The summed E-state index contributed by atoms with van der Waals surface area (Å²) in [6.07, 6.45) is 0. The molecule has 4 nitrogen and oxygen atoms in total. The van der Waals surface area contributed by atoms with Crippen LogP contribution in [0.1, 0.15) is 22.8 Å². The van der Waals surface area contributed by atoms with Gasteiger partial charge in [0, 0.05) is 5.38 Å². The van der Waals surface area contributed by atoms with Crippen LogP contribution in [0.4, 0.5) is 0 Å². The van der Waals surface area contributed by atoms with E-state index in [-0.39, 0.29) is 0 Å². The fraction of sp³-hybridized carbons (Fsp3) is 0.143. The van der Waals surface area contributed by atoms with Gasteiger partial charge in [-0.2, -0.15) is 11.3 Å². The van der Waals surface area contributed by atoms with Crippen LogP contribution in [0.15, 0.2) is 47.2 Å². The van der Waals surface area contributed by atoms with Crippen LogP contribution in [0.3, 0.4) is 0 Å². The van der Waals surface area contributed by atoms with Crippen LogP contribution in [0.2, 0.25) is 0 Å². The summed E-state index contributed by atoms with van der Waals surface area (Å²) in [5.74, 6) is -1.49. The topological polar surface area (TPSA) is 66.4 Å². The number of hydrogen-bond donors (Lipinski definition) is 2. The number of hydrogen-bond acceptors (Lipinski definition) is 3. The molecule has 2 rings (SSSR count). The number of nitrogens with one attached hydrogen (secondary N) is 1. The maximum absolute atomic E-state index is 12.0. The monoisotopic (exact) mass is 275 g/mol. The fourth-order valence-corrected chi connectivity index (χ4v) is 2.35. The Hall–Kier alpha value is -2.14. The number of carbonyl (C=O) groups is 2. The average molecular weight is 275 g/mol. The summed E-state index contributed by atoms with van der Waals surface area (Å²) in [5.41, 5.74) is -0.445. The van der Waals surface area contributed by atoms with E-state index in [9.17, 15) is 14.7 Å². The minimum Gasteiger partial charge on any atom is -0.479 e. The molecule has 2 N–H and O–H groups in total. The lowest BCUT2D eigenvalue weighted by Crippen LogP contribution is -2.49. The number of amides is 1. The predicted octanol–water partition coefficient (Wildman–Crippen LogP) is 2.48. The molecule has 0 fully saturated rings. The Labute approximate surface area is 114 Å². The highest BCUT2D eigenvalue weighted by molar-refractivity contribution is 7.08. The summed E-state index contributed by atoms with van der Waals surface area (Å²) in [4.78, 5) is 23.5. The molecule has 1 atom stereocenters. The Morgan fingerprint density at radius 3 is 2.42 bits per heavy atom. The molecule has 1 amide bonds. The molecule has 1 aromatic heterocycles. The van der Waals surface area contributed by atoms with Crippen LogP contribution in [0.5, 0.6) is 0 Å². The zero-order valence-electron chi connectivity index (χ0n) is 10.3. The van der Waals surface area contributed by atoms with E-state index in [4.69, 9.17) is 0 Å². The van der Waals surface area contributed by atoms with Crippen molar-refractivity contribution in [2.24, 2.45) is 0 Å². The molecule has 0 spiro atoms. The SMILES string of the molecule is CC(NC(=O)c1ccsc1)(C(=O)O)c1ccccc1. The number of carbonyl (C=O) groups excluding carboxylic acids is 1. The Kier molecular flexibility index (Phi) is 3.66. The molecule has 0 radical (unpaired) electrons. The van der Waals surface area contributed by atoms with Gasteiger partial charge in [0.05, 0.1) is 5.56 Å². The van der Waals surface area contributed by atoms with Gasteiger partial charge in [0.15, 0.2) is 5.54 Å². The van der Waals surface area contributed by atoms with Gasteiger partial charge in [0.2, 0.25) is 0 Å².